The topological polar surface area (TPSA) is 84.5 Å². The minimum atomic E-state index is -0.541. The van der Waals surface area contributed by atoms with Crippen molar-refractivity contribution in [2.75, 3.05) is 17.7 Å². The second-order valence-corrected chi connectivity index (χ2v) is 7.88. The first-order valence-electron chi connectivity index (χ1n) is 9.42. The van der Waals surface area contributed by atoms with Gasteiger partial charge in [0.2, 0.25) is 5.91 Å². The van der Waals surface area contributed by atoms with Gasteiger partial charge < -0.3 is 15.4 Å². The van der Waals surface area contributed by atoms with Gasteiger partial charge >= 0.3 is 5.97 Å². The Bertz CT molecular complexity index is 978. The molecule has 2 aromatic rings. The van der Waals surface area contributed by atoms with Crippen LogP contribution >= 0.6 is 23.4 Å². The molecule has 2 N–H and O–H groups in total. The Balaban J connectivity index is 2.00. The third-order valence-corrected chi connectivity index (χ3v) is 5.77. The Kier molecular flexibility index (Phi) is 7.54. The highest BCUT2D eigenvalue weighted by Crippen LogP contribution is 2.39. The van der Waals surface area contributed by atoms with Crippen molar-refractivity contribution in [3.05, 3.63) is 75.8 Å². The van der Waals surface area contributed by atoms with Crippen molar-refractivity contribution in [3.63, 3.8) is 0 Å². The van der Waals surface area contributed by atoms with Gasteiger partial charge in [0.15, 0.2) is 0 Å². The van der Waals surface area contributed by atoms with E-state index in [9.17, 15) is 14.4 Å². The number of benzene rings is 2. The number of amides is 2. The molecule has 0 radical (unpaired) electrons. The Morgan fingerprint density at radius 2 is 1.87 bits per heavy atom. The fraction of sp³-hybridized carbons (Fsp3) is 0.227. The highest BCUT2D eigenvalue weighted by Gasteiger charge is 2.35. The van der Waals surface area contributed by atoms with Crippen LogP contribution in [-0.2, 0) is 19.1 Å². The number of hydrogen-bond acceptors (Lipinski definition) is 5. The molecular weight excluding hydrogens is 424 g/mol. The van der Waals surface area contributed by atoms with Crippen LogP contribution in [0.5, 0.6) is 0 Å². The number of para-hydroxylation sites is 1. The summed E-state index contributed by atoms with van der Waals surface area (Å²) in [5, 5.41) is 6.41. The number of anilines is 1. The Morgan fingerprint density at radius 3 is 2.57 bits per heavy atom. The van der Waals surface area contributed by atoms with Gasteiger partial charge in [-0.2, -0.15) is 0 Å². The molecule has 0 aliphatic carbocycles. The van der Waals surface area contributed by atoms with E-state index < -0.39 is 11.9 Å². The standard InChI is InChI=1S/C22H21ClN2O4S/c1-2-29-19(27)13-30-22-20(21(28)24-14-8-4-3-5-9-14)16(12-18(26)25-22)15-10-6-7-11-17(15)23/h3-11,16H,2,12-13H2,1H3,(H,24,28)(H,25,26)/t16-/m1/s1. The maximum absolute atomic E-state index is 13.3. The summed E-state index contributed by atoms with van der Waals surface area (Å²) < 4.78 is 4.97. The lowest BCUT2D eigenvalue weighted by Crippen LogP contribution is -2.35. The summed E-state index contributed by atoms with van der Waals surface area (Å²) in [6.45, 7) is 1.98. The van der Waals surface area contributed by atoms with Crippen molar-refractivity contribution in [2.24, 2.45) is 0 Å². The fourth-order valence-corrected chi connectivity index (χ4v) is 4.33. The summed E-state index contributed by atoms with van der Waals surface area (Å²) in [5.41, 5.74) is 1.67. The third kappa shape index (κ3) is 5.43. The van der Waals surface area contributed by atoms with E-state index >= 15 is 0 Å². The zero-order valence-corrected chi connectivity index (χ0v) is 17.9. The van der Waals surface area contributed by atoms with E-state index in [0.29, 0.717) is 26.9 Å². The minimum absolute atomic E-state index is 0.0270. The summed E-state index contributed by atoms with van der Waals surface area (Å²) in [6.07, 6.45) is 0.0741. The molecule has 0 spiro atoms. The summed E-state index contributed by atoms with van der Waals surface area (Å²) in [4.78, 5) is 37.5. The van der Waals surface area contributed by atoms with Crippen molar-refractivity contribution in [1.29, 1.82) is 0 Å². The monoisotopic (exact) mass is 444 g/mol. The Morgan fingerprint density at radius 1 is 1.17 bits per heavy atom. The smallest absolute Gasteiger partial charge is 0.316 e. The second-order valence-electron chi connectivity index (χ2n) is 6.48. The fourth-order valence-electron chi connectivity index (χ4n) is 3.14. The molecule has 2 amide bonds. The van der Waals surface area contributed by atoms with Crippen LogP contribution in [-0.4, -0.2) is 30.1 Å². The molecule has 0 fully saturated rings. The molecule has 0 saturated carbocycles. The normalized spacial score (nSPS) is 16.1. The van der Waals surface area contributed by atoms with Crippen LogP contribution < -0.4 is 10.6 Å². The van der Waals surface area contributed by atoms with Gasteiger partial charge in [-0.3, -0.25) is 14.4 Å². The van der Waals surface area contributed by atoms with E-state index in [1.54, 1.807) is 37.3 Å². The lowest BCUT2D eigenvalue weighted by atomic mass is 9.86. The molecule has 0 bridgehead atoms. The third-order valence-electron chi connectivity index (χ3n) is 4.43. The molecule has 1 atom stereocenters. The average molecular weight is 445 g/mol. The number of carbonyl (C=O) groups is 3. The molecule has 0 saturated heterocycles. The molecule has 30 heavy (non-hydrogen) atoms. The predicted molar refractivity (Wildman–Crippen MR) is 118 cm³/mol. The number of halogens is 1. The first-order valence-corrected chi connectivity index (χ1v) is 10.8. The summed E-state index contributed by atoms with van der Waals surface area (Å²) in [7, 11) is 0. The number of nitrogens with one attached hydrogen (secondary N) is 2. The van der Waals surface area contributed by atoms with Crippen LogP contribution in [0.2, 0.25) is 5.02 Å². The van der Waals surface area contributed by atoms with Gasteiger partial charge in [0.25, 0.3) is 5.91 Å². The SMILES string of the molecule is CCOC(=O)CSC1=C(C(=O)Nc2ccccc2)[C@@H](c2ccccc2Cl)CC(=O)N1. The van der Waals surface area contributed by atoms with Crippen LogP contribution in [0.4, 0.5) is 5.69 Å². The molecule has 1 aliphatic heterocycles. The second kappa shape index (κ2) is 10.3. The first kappa shape index (κ1) is 21.9. The van der Waals surface area contributed by atoms with Crippen molar-refractivity contribution in [1.82, 2.24) is 5.32 Å². The summed E-state index contributed by atoms with van der Waals surface area (Å²) in [5.74, 6) is -1.60. The van der Waals surface area contributed by atoms with Gasteiger partial charge in [-0.05, 0) is 30.7 Å². The van der Waals surface area contributed by atoms with Crippen LogP contribution in [0.25, 0.3) is 0 Å². The number of rotatable bonds is 7. The first-order chi connectivity index (χ1) is 14.5. The lowest BCUT2D eigenvalue weighted by molar-refractivity contribution is -0.139. The van der Waals surface area contributed by atoms with Crippen molar-refractivity contribution in [3.8, 4) is 0 Å². The molecule has 1 aliphatic rings. The van der Waals surface area contributed by atoms with Crippen LogP contribution in [0.1, 0.15) is 24.8 Å². The lowest BCUT2D eigenvalue weighted by Gasteiger charge is -2.28. The zero-order chi connectivity index (χ0) is 21.5. The highest BCUT2D eigenvalue weighted by molar-refractivity contribution is 8.03. The van der Waals surface area contributed by atoms with E-state index in [0.717, 1.165) is 11.8 Å². The minimum Gasteiger partial charge on any atom is -0.465 e. The molecule has 6 nitrogen and oxygen atoms in total. The zero-order valence-electron chi connectivity index (χ0n) is 16.3. The molecule has 0 unspecified atom stereocenters. The number of ether oxygens (including phenoxy) is 1. The molecule has 1 heterocycles. The van der Waals surface area contributed by atoms with E-state index in [-0.39, 0.29) is 30.6 Å². The van der Waals surface area contributed by atoms with Gasteiger partial charge in [0, 0.05) is 23.0 Å². The molecule has 2 aromatic carbocycles. The van der Waals surface area contributed by atoms with E-state index in [1.165, 1.54) is 0 Å². The maximum atomic E-state index is 13.3. The van der Waals surface area contributed by atoms with Crippen molar-refractivity contribution >= 4 is 46.8 Å². The molecule has 0 aromatic heterocycles. The van der Waals surface area contributed by atoms with E-state index in [1.807, 2.05) is 24.3 Å². The van der Waals surface area contributed by atoms with Crippen LogP contribution in [0, 0.1) is 0 Å². The maximum Gasteiger partial charge on any atom is 0.316 e. The summed E-state index contributed by atoms with van der Waals surface area (Å²) >= 11 is 7.45. The predicted octanol–water partition coefficient (Wildman–Crippen LogP) is 4.09. The van der Waals surface area contributed by atoms with Gasteiger partial charge in [0.1, 0.15) is 0 Å². The van der Waals surface area contributed by atoms with Crippen molar-refractivity contribution in [2.45, 2.75) is 19.3 Å². The number of carbonyl (C=O) groups excluding carboxylic acids is 3. The molecule has 156 valence electrons. The summed E-state index contributed by atoms with van der Waals surface area (Å²) in [6, 6.07) is 16.2. The number of esters is 1. The van der Waals surface area contributed by atoms with Gasteiger partial charge in [-0.25, -0.2) is 0 Å². The number of thioether (sulfide) groups is 1. The van der Waals surface area contributed by atoms with Crippen LogP contribution in [0.15, 0.2) is 65.2 Å². The van der Waals surface area contributed by atoms with E-state index in [2.05, 4.69) is 10.6 Å². The molecular formula is C22H21ClN2O4S. The quantitative estimate of drug-likeness (QED) is 0.628. The molecule has 3 rings (SSSR count). The van der Waals surface area contributed by atoms with Gasteiger partial charge in [-0.15, -0.1) is 0 Å². The average Bonchev–Trinajstić information content (AvgIpc) is 2.73. The van der Waals surface area contributed by atoms with Gasteiger partial charge in [-0.1, -0.05) is 59.8 Å². The van der Waals surface area contributed by atoms with Crippen LogP contribution in [0.3, 0.4) is 0 Å². The molecule has 8 heteroatoms. The number of hydrogen-bond donors (Lipinski definition) is 2. The Hall–Kier alpha value is -2.77. The largest absolute Gasteiger partial charge is 0.465 e. The highest BCUT2D eigenvalue weighted by atomic mass is 35.5. The van der Waals surface area contributed by atoms with E-state index in [4.69, 9.17) is 16.3 Å². The van der Waals surface area contributed by atoms with Crippen molar-refractivity contribution < 1.29 is 19.1 Å². The Labute approximate surface area is 184 Å². The van der Waals surface area contributed by atoms with Gasteiger partial charge in [0.05, 0.1) is 23.0 Å².